The highest BCUT2D eigenvalue weighted by Gasteiger charge is 2.13. The second-order valence-corrected chi connectivity index (χ2v) is 4.18. The van der Waals surface area contributed by atoms with E-state index in [4.69, 9.17) is 9.26 Å². The summed E-state index contributed by atoms with van der Waals surface area (Å²) in [5, 5.41) is 3.85. The van der Waals surface area contributed by atoms with Crippen LogP contribution in [0, 0.1) is 0 Å². The van der Waals surface area contributed by atoms with Crippen LogP contribution in [0.15, 0.2) is 4.52 Å². The molecule has 0 saturated heterocycles. The number of hydrogen-bond acceptors (Lipinski definition) is 6. The second kappa shape index (κ2) is 6.34. The lowest BCUT2D eigenvalue weighted by atomic mass is 10.2. The van der Waals surface area contributed by atoms with Crippen molar-refractivity contribution < 1.29 is 14.1 Å². The number of hydrogen-bond donors (Lipinski definition) is 0. The second-order valence-electron chi connectivity index (χ2n) is 4.18. The molecule has 0 atom stereocenters. The predicted octanol–water partition coefficient (Wildman–Crippen LogP) is 1.19. The van der Waals surface area contributed by atoms with E-state index >= 15 is 0 Å². The molecule has 0 N–H and O–H groups in total. The predicted molar refractivity (Wildman–Crippen MR) is 61.4 cm³/mol. The zero-order chi connectivity index (χ0) is 12.8. The molecule has 0 fully saturated rings. The number of rotatable bonds is 6. The van der Waals surface area contributed by atoms with Gasteiger partial charge in [-0.1, -0.05) is 19.0 Å². The summed E-state index contributed by atoms with van der Waals surface area (Å²) < 4.78 is 9.92. The summed E-state index contributed by atoms with van der Waals surface area (Å²) in [6.07, 6.45) is 0. The molecule has 1 rings (SSSR count). The van der Waals surface area contributed by atoms with E-state index in [1.807, 2.05) is 20.9 Å². The van der Waals surface area contributed by atoms with Gasteiger partial charge in [0.1, 0.15) is 0 Å². The van der Waals surface area contributed by atoms with Crippen LogP contribution >= 0.6 is 0 Å². The fourth-order valence-electron chi connectivity index (χ4n) is 1.29. The summed E-state index contributed by atoms with van der Waals surface area (Å²) in [7, 11) is 1.81. The van der Waals surface area contributed by atoms with Crippen LogP contribution in [0.4, 0.5) is 0 Å². The fourth-order valence-corrected chi connectivity index (χ4v) is 1.29. The van der Waals surface area contributed by atoms with Crippen LogP contribution in [-0.2, 0) is 16.1 Å². The Bertz CT molecular complexity index is 363. The minimum atomic E-state index is -0.248. The van der Waals surface area contributed by atoms with E-state index in [0.29, 0.717) is 24.9 Å². The molecule has 6 nitrogen and oxygen atoms in total. The van der Waals surface area contributed by atoms with Gasteiger partial charge in [-0.15, -0.1) is 0 Å². The maximum Gasteiger partial charge on any atom is 0.320 e. The van der Waals surface area contributed by atoms with Crippen molar-refractivity contribution in [2.75, 3.05) is 20.2 Å². The van der Waals surface area contributed by atoms with Gasteiger partial charge in [-0.3, -0.25) is 9.69 Å². The van der Waals surface area contributed by atoms with Gasteiger partial charge in [0, 0.05) is 5.92 Å². The third-order valence-corrected chi connectivity index (χ3v) is 2.09. The first-order chi connectivity index (χ1) is 8.02. The van der Waals surface area contributed by atoms with Crippen LogP contribution in [0.2, 0.25) is 0 Å². The Kier molecular flexibility index (Phi) is 5.09. The SMILES string of the molecule is CCOC(=O)CN(C)Cc1noc(C(C)C)n1. The van der Waals surface area contributed by atoms with Crippen molar-refractivity contribution in [3.8, 4) is 0 Å². The highest BCUT2D eigenvalue weighted by Crippen LogP contribution is 2.11. The molecule has 0 aliphatic heterocycles. The summed E-state index contributed by atoms with van der Waals surface area (Å²) in [6, 6.07) is 0. The van der Waals surface area contributed by atoms with E-state index in [0.717, 1.165) is 0 Å². The third-order valence-electron chi connectivity index (χ3n) is 2.09. The van der Waals surface area contributed by atoms with Crippen LogP contribution in [-0.4, -0.2) is 41.2 Å². The molecule has 17 heavy (non-hydrogen) atoms. The van der Waals surface area contributed by atoms with Gasteiger partial charge in [-0.25, -0.2) is 0 Å². The molecular weight excluding hydrogens is 222 g/mol. The standard InChI is InChI=1S/C11H19N3O3/c1-5-16-10(15)7-14(4)6-9-12-11(8(2)3)17-13-9/h8H,5-7H2,1-4H3. The number of carbonyl (C=O) groups is 1. The lowest BCUT2D eigenvalue weighted by Gasteiger charge is -2.12. The van der Waals surface area contributed by atoms with Crippen molar-refractivity contribution >= 4 is 5.97 Å². The minimum absolute atomic E-state index is 0.214. The smallest absolute Gasteiger partial charge is 0.320 e. The number of likely N-dealkylation sites (N-methyl/N-ethyl adjacent to an activating group) is 1. The van der Waals surface area contributed by atoms with Crippen molar-refractivity contribution in [1.29, 1.82) is 0 Å². The Morgan fingerprint density at radius 1 is 1.53 bits per heavy atom. The van der Waals surface area contributed by atoms with Gasteiger partial charge >= 0.3 is 5.97 Å². The molecule has 0 unspecified atom stereocenters. The quantitative estimate of drug-likeness (QED) is 0.697. The van der Waals surface area contributed by atoms with Crippen LogP contribution in [0.3, 0.4) is 0 Å². The maximum absolute atomic E-state index is 11.2. The Labute approximate surface area is 101 Å². The Morgan fingerprint density at radius 2 is 2.24 bits per heavy atom. The summed E-state index contributed by atoms with van der Waals surface area (Å²) in [6.45, 7) is 6.84. The van der Waals surface area contributed by atoms with Gasteiger partial charge in [0.15, 0.2) is 5.82 Å². The molecule has 0 aliphatic carbocycles. The minimum Gasteiger partial charge on any atom is -0.465 e. The first kappa shape index (κ1) is 13.6. The molecule has 1 aromatic rings. The van der Waals surface area contributed by atoms with E-state index in [9.17, 15) is 4.79 Å². The van der Waals surface area contributed by atoms with Gasteiger partial charge in [-0.2, -0.15) is 4.98 Å². The van der Waals surface area contributed by atoms with E-state index in [-0.39, 0.29) is 18.4 Å². The lowest BCUT2D eigenvalue weighted by molar-refractivity contribution is -0.144. The van der Waals surface area contributed by atoms with Crippen LogP contribution < -0.4 is 0 Å². The van der Waals surface area contributed by atoms with E-state index in [1.165, 1.54) is 0 Å². The molecule has 0 spiro atoms. The van der Waals surface area contributed by atoms with Crippen LogP contribution in [0.5, 0.6) is 0 Å². The van der Waals surface area contributed by atoms with E-state index in [1.54, 1.807) is 11.8 Å². The first-order valence-corrected chi connectivity index (χ1v) is 5.69. The normalized spacial score (nSPS) is 11.2. The van der Waals surface area contributed by atoms with Crippen LogP contribution in [0.25, 0.3) is 0 Å². The zero-order valence-corrected chi connectivity index (χ0v) is 10.8. The van der Waals surface area contributed by atoms with Crippen molar-refractivity contribution in [1.82, 2.24) is 15.0 Å². The maximum atomic E-state index is 11.2. The van der Waals surface area contributed by atoms with Crippen LogP contribution in [0.1, 0.15) is 38.4 Å². The Morgan fingerprint density at radius 3 is 2.76 bits per heavy atom. The number of nitrogens with zero attached hydrogens (tertiary/aromatic N) is 3. The summed E-state index contributed by atoms with van der Waals surface area (Å²) in [5.41, 5.74) is 0. The summed E-state index contributed by atoms with van der Waals surface area (Å²) in [4.78, 5) is 17.2. The average molecular weight is 241 g/mol. The van der Waals surface area contributed by atoms with E-state index in [2.05, 4.69) is 10.1 Å². The molecule has 96 valence electrons. The fraction of sp³-hybridized carbons (Fsp3) is 0.727. The van der Waals surface area contributed by atoms with Gasteiger partial charge in [0.25, 0.3) is 0 Å². The largest absolute Gasteiger partial charge is 0.465 e. The molecule has 1 heterocycles. The number of aromatic nitrogens is 2. The molecule has 0 aliphatic rings. The highest BCUT2D eigenvalue weighted by molar-refractivity contribution is 5.71. The van der Waals surface area contributed by atoms with Gasteiger partial charge < -0.3 is 9.26 Å². The van der Waals surface area contributed by atoms with Crippen molar-refractivity contribution in [3.05, 3.63) is 11.7 Å². The van der Waals surface area contributed by atoms with Gasteiger partial charge in [-0.05, 0) is 14.0 Å². The molecule has 0 amide bonds. The third kappa shape index (κ3) is 4.52. The number of carbonyl (C=O) groups excluding carboxylic acids is 1. The molecule has 0 radical (unpaired) electrons. The molecule has 0 aromatic carbocycles. The summed E-state index contributed by atoms with van der Waals surface area (Å²) >= 11 is 0. The molecule has 0 bridgehead atoms. The molecular formula is C11H19N3O3. The molecule has 6 heteroatoms. The Hall–Kier alpha value is -1.43. The number of ether oxygens (including phenoxy) is 1. The van der Waals surface area contributed by atoms with Crippen molar-refractivity contribution in [3.63, 3.8) is 0 Å². The highest BCUT2D eigenvalue weighted by atomic mass is 16.5. The van der Waals surface area contributed by atoms with Crippen molar-refractivity contribution in [2.24, 2.45) is 0 Å². The van der Waals surface area contributed by atoms with Gasteiger partial charge in [0.2, 0.25) is 5.89 Å². The average Bonchev–Trinajstić information content (AvgIpc) is 2.66. The van der Waals surface area contributed by atoms with Crippen molar-refractivity contribution in [2.45, 2.75) is 33.2 Å². The zero-order valence-electron chi connectivity index (χ0n) is 10.8. The van der Waals surface area contributed by atoms with Gasteiger partial charge in [0.05, 0.1) is 19.7 Å². The molecule has 1 aromatic heterocycles. The summed E-state index contributed by atoms with van der Waals surface area (Å²) in [5.74, 6) is 1.17. The molecule has 0 saturated carbocycles. The topological polar surface area (TPSA) is 68.5 Å². The van der Waals surface area contributed by atoms with E-state index < -0.39 is 0 Å². The Balaban J connectivity index is 2.44. The first-order valence-electron chi connectivity index (χ1n) is 5.69. The number of esters is 1. The lowest BCUT2D eigenvalue weighted by Crippen LogP contribution is -2.27. The monoisotopic (exact) mass is 241 g/mol.